The van der Waals surface area contributed by atoms with Gasteiger partial charge in [-0.1, -0.05) is 0 Å². The lowest BCUT2D eigenvalue weighted by molar-refractivity contribution is -0.0862. The summed E-state index contributed by atoms with van der Waals surface area (Å²) in [6, 6.07) is 0. The molecule has 0 fully saturated rings. The first-order valence-electron chi connectivity index (χ1n) is 5.56. The van der Waals surface area contributed by atoms with Crippen molar-refractivity contribution < 1.29 is 9.47 Å². The van der Waals surface area contributed by atoms with E-state index in [1.807, 2.05) is 0 Å². The molecule has 0 aliphatic heterocycles. The molecule has 0 spiro atoms. The summed E-state index contributed by atoms with van der Waals surface area (Å²) in [6.07, 6.45) is 0.106. The van der Waals surface area contributed by atoms with E-state index < -0.39 is 0 Å². The maximum Gasteiger partial charge on any atom is 0.0939 e. The number of rotatable bonds is 5. The van der Waals surface area contributed by atoms with E-state index in [0.717, 1.165) is 6.54 Å². The molecule has 0 heterocycles. The number of hydrogen-bond donors (Lipinski definition) is 1. The van der Waals surface area contributed by atoms with Gasteiger partial charge in [0.2, 0.25) is 0 Å². The van der Waals surface area contributed by atoms with Gasteiger partial charge in [0.25, 0.3) is 0 Å². The smallest absolute Gasteiger partial charge is 0.0939 e. The van der Waals surface area contributed by atoms with Crippen LogP contribution in [0.5, 0.6) is 0 Å². The highest BCUT2D eigenvalue weighted by Gasteiger charge is 2.20. The lowest BCUT2D eigenvalue weighted by atomic mass is 10.1. The van der Waals surface area contributed by atoms with Crippen LogP contribution in [0.1, 0.15) is 41.5 Å². The predicted molar refractivity (Wildman–Crippen MR) is 64.3 cm³/mol. The summed E-state index contributed by atoms with van der Waals surface area (Å²) in [5.74, 6) is 0. The van der Waals surface area contributed by atoms with Crippen molar-refractivity contribution in [2.24, 2.45) is 0 Å². The Bertz CT molecular complexity index is 167. The van der Waals surface area contributed by atoms with Gasteiger partial charge in [-0.15, -0.1) is 0 Å². The molecule has 0 bridgehead atoms. The van der Waals surface area contributed by atoms with E-state index in [-0.39, 0.29) is 17.2 Å². The van der Waals surface area contributed by atoms with Crippen LogP contribution < -0.4 is 5.32 Å². The first-order valence-corrected chi connectivity index (χ1v) is 5.56. The SMILES string of the molecule is COCC(CNC(C)(C)C)OC(C)(C)C. The maximum atomic E-state index is 5.89. The van der Waals surface area contributed by atoms with Crippen LogP contribution >= 0.6 is 0 Å². The van der Waals surface area contributed by atoms with E-state index in [1.54, 1.807) is 7.11 Å². The van der Waals surface area contributed by atoms with Gasteiger partial charge < -0.3 is 14.8 Å². The van der Waals surface area contributed by atoms with Crippen LogP contribution in [-0.4, -0.2) is 37.5 Å². The third-order valence-corrected chi connectivity index (χ3v) is 1.73. The molecule has 0 aliphatic rings. The number of hydrogen-bond acceptors (Lipinski definition) is 3. The highest BCUT2D eigenvalue weighted by molar-refractivity contribution is 4.75. The summed E-state index contributed by atoms with van der Waals surface area (Å²) in [5.41, 5.74) is -0.00397. The van der Waals surface area contributed by atoms with Crippen molar-refractivity contribution in [2.45, 2.75) is 58.8 Å². The van der Waals surface area contributed by atoms with Gasteiger partial charge in [-0.2, -0.15) is 0 Å². The second kappa shape index (κ2) is 5.83. The number of nitrogens with one attached hydrogen (secondary N) is 1. The standard InChI is InChI=1S/C12H27NO2/c1-11(2,3)13-8-10(9-14-7)15-12(4,5)6/h10,13H,8-9H2,1-7H3. The molecule has 15 heavy (non-hydrogen) atoms. The quantitative estimate of drug-likeness (QED) is 0.766. The Morgan fingerprint density at radius 1 is 1.07 bits per heavy atom. The average molecular weight is 217 g/mol. The van der Waals surface area contributed by atoms with Crippen molar-refractivity contribution in [3.8, 4) is 0 Å². The van der Waals surface area contributed by atoms with Gasteiger partial charge in [0, 0.05) is 19.2 Å². The molecule has 1 atom stereocenters. The Balaban J connectivity index is 4.05. The van der Waals surface area contributed by atoms with Crippen LogP contribution in [0.2, 0.25) is 0 Å². The van der Waals surface area contributed by atoms with Crippen molar-refractivity contribution in [1.82, 2.24) is 5.32 Å². The van der Waals surface area contributed by atoms with Crippen LogP contribution in [0.15, 0.2) is 0 Å². The summed E-state index contributed by atoms with van der Waals surface area (Å²) < 4.78 is 11.0. The second-order valence-corrected chi connectivity index (χ2v) is 5.94. The van der Waals surface area contributed by atoms with Crippen LogP contribution in [0, 0.1) is 0 Å². The monoisotopic (exact) mass is 217 g/mol. The molecule has 92 valence electrons. The minimum Gasteiger partial charge on any atom is -0.382 e. The molecule has 1 N–H and O–H groups in total. The lowest BCUT2D eigenvalue weighted by Gasteiger charge is -2.30. The molecule has 1 unspecified atom stereocenters. The van der Waals surface area contributed by atoms with Crippen LogP contribution in [0.25, 0.3) is 0 Å². The molecule has 3 nitrogen and oxygen atoms in total. The summed E-state index contributed by atoms with van der Waals surface area (Å²) >= 11 is 0. The van der Waals surface area contributed by atoms with Crippen LogP contribution in [0.3, 0.4) is 0 Å². The molecular weight excluding hydrogens is 190 g/mol. The zero-order valence-electron chi connectivity index (χ0n) is 11.3. The van der Waals surface area contributed by atoms with Crippen LogP contribution in [-0.2, 0) is 9.47 Å². The van der Waals surface area contributed by atoms with Crippen molar-refractivity contribution in [1.29, 1.82) is 0 Å². The van der Waals surface area contributed by atoms with E-state index in [2.05, 4.69) is 46.9 Å². The fourth-order valence-corrected chi connectivity index (χ4v) is 1.24. The fourth-order valence-electron chi connectivity index (χ4n) is 1.24. The van der Waals surface area contributed by atoms with Gasteiger partial charge in [-0.3, -0.25) is 0 Å². The molecule has 0 aliphatic carbocycles. The molecule has 0 saturated heterocycles. The summed E-state index contributed by atoms with van der Waals surface area (Å²) in [4.78, 5) is 0. The topological polar surface area (TPSA) is 30.5 Å². The zero-order valence-corrected chi connectivity index (χ0v) is 11.3. The first kappa shape index (κ1) is 14.9. The maximum absolute atomic E-state index is 5.89. The van der Waals surface area contributed by atoms with Gasteiger partial charge in [0.05, 0.1) is 18.3 Å². The van der Waals surface area contributed by atoms with E-state index in [0.29, 0.717) is 6.61 Å². The number of ether oxygens (including phenoxy) is 2. The van der Waals surface area contributed by atoms with E-state index in [4.69, 9.17) is 9.47 Å². The third-order valence-electron chi connectivity index (χ3n) is 1.73. The van der Waals surface area contributed by atoms with Crippen molar-refractivity contribution in [3.05, 3.63) is 0 Å². The fraction of sp³-hybridized carbons (Fsp3) is 1.00. The predicted octanol–water partition coefficient (Wildman–Crippen LogP) is 2.20. The average Bonchev–Trinajstić information content (AvgIpc) is 1.96. The molecule has 3 heteroatoms. The normalized spacial score (nSPS) is 15.4. The molecule has 0 aromatic heterocycles. The Labute approximate surface area is 94.5 Å². The minimum atomic E-state index is -0.122. The molecule has 0 amide bonds. The van der Waals surface area contributed by atoms with Gasteiger partial charge >= 0.3 is 0 Å². The van der Waals surface area contributed by atoms with Gasteiger partial charge in [-0.25, -0.2) is 0 Å². The molecule has 0 aromatic rings. The first-order chi connectivity index (χ1) is 6.64. The van der Waals surface area contributed by atoms with E-state index in [9.17, 15) is 0 Å². The molecule has 0 saturated carbocycles. The van der Waals surface area contributed by atoms with Gasteiger partial charge in [0.15, 0.2) is 0 Å². The molecule has 0 rings (SSSR count). The summed E-state index contributed by atoms with van der Waals surface area (Å²) in [5, 5.41) is 3.42. The summed E-state index contributed by atoms with van der Waals surface area (Å²) in [7, 11) is 1.70. The molecular formula is C12H27NO2. The van der Waals surface area contributed by atoms with Gasteiger partial charge in [0.1, 0.15) is 0 Å². The highest BCUT2D eigenvalue weighted by Crippen LogP contribution is 2.11. The Morgan fingerprint density at radius 3 is 1.93 bits per heavy atom. The molecule has 0 radical (unpaired) electrons. The van der Waals surface area contributed by atoms with Gasteiger partial charge in [-0.05, 0) is 41.5 Å². The van der Waals surface area contributed by atoms with Crippen molar-refractivity contribution in [2.75, 3.05) is 20.3 Å². The Kier molecular flexibility index (Phi) is 5.78. The highest BCUT2D eigenvalue weighted by atomic mass is 16.5. The van der Waals surface area contributed by atoms with E-state index in [1.165, 1.54) is 0 Å². The Hall–Kier alpha value is -0.120. The molecule has 0 aromatic carbocycles. The third kappa shape index (κ3) is 10.2. The second-order valence-electron chi connectivity index (χ2n) is 5.94. The summed E-state index contributed by atoms with van der Waals surface area (Å²) in [6.45, 7) is 14.1. The number of methoxy groups -OCH3 is 1. The minimum absolute atomic E-state index is 0.106. The zero-order chi connectivity index (χ0) is 12.1. The lowest BCUT2D eigenvalue weighted by Crippen LogP contribution is -2.45. The largest absolute Gasteiger partial charge is 0.382 e. The van der Waals surface area contributed by atoms with E-state index >= 15 is 0 Å². The van der Waals surface area contributed by atoms with Crippen LogP contribution in [0.4, 0.5) is 0 Å². The van der Waals surface area contributed by atoms with Crippen molar-refractivity contribution >= 4 is 0 Å². The van der Waals surface area contributed by atoms with Crippen molar-refractivity contribution in [3.63, 3.8) is 0 Å². The Morgan fingerprint density at radius 2 is 1.60 bits per heavy atom.